The molecule has 2 atom stereocenters. The lowest BCUT2D eigenvalue weighted by Gasteiger charge is -2.10. The first kappa shape index (κ1) is 14.2. The van der Waals surface area contributed by atoms with Gasteiger partial charge in [0.05, 0.1) is 5.02 Å². The van der Waals surface area contributed by atoms with Crippen LogP contribution in [-0.2, 0) is 17.3 Å². The Morgan fingerprint density at radius 2 is 2.25 bits per heavy atom. The molecule has 90 valence electrons. The lowest BCUT2D eigenvalue weighted by molar-refractivity contribution is 0.647. The topological polar surface area (TPSA) is 29.1 Å². The molecule has 0 spiro atoms. The number of halogens is 2. The third-order valence-electron chi connectivity index (χ3n) is 2.31. The Morgan fingerprint density at radius 1 is 1.56 bits per heavy atom. The zero-order chi connectivity index (χ0) is 12.1. The molecule has 1 N–H and O–H groups in total. The summed E-state index contributed by atoms with van der Waals surface area (Å²) in [5, 5.41) is 4.15. The third kappa shape index (κ3) is 4.53. The van der Waals surface area contributed by atoms with Gasteiger partial charge in [-0.05, 0) is 40.5 Å². The summed E-state index contributed by atoms with van der Waals surface area (Å²) < 4.78 is 12.0. The molecule has 0 aromatic heterocycles. The average molecular weight is 325 g/mol. The zero-order valence-electron chi connectivity index (χ0n) is 9.30. The highest BCUT2D eigenvalue weighted by Crippen LogP contribution is 2.22. The molecule has 0 saturated heterocycles. The van der Waals surface area contributed by atoms with Crippen LogP contribution < -0.4 is 5.32 Å². The van der Waals surface area contributed by atoms with Crippen LogP contribution in [0.5, 0.6) is 0 Å². The smallest absolute Gasteiger partial charge is 0.0551 e. The van der Waals surface area contributed by atoms with Crippen LogP contribution in [0.15, 0.2) is 22.7 Å². The van der Waals surface area contributed by atoms with Crippen molar-refractivity contribution in [1.82, 2.24) is 5.32 Å². The Bertz CT molecular complexity index is 386. The van der Waals surface area contributed by atoms with Crippen LogP contribution in [0.4, 0.5) is 0 Å². The summed E-state index contributed by atoms with van der Waals surface area (Å²) in [5.74, 6) is 0. The third-order valence-corrected chi connectivity index (χ3v) is 4.84. The maximum Gasteiger partial charge on any atom is 0.0551 e. The van der Waals surface area contributed by atoms with Gasteiger partial charge in [0.25, 0.3) is 0 Å². The molecule has 1 aromatic rings. The van der Waals surface area contributed by atoms with Crippen LogP contribution in [-0.4, -0.2) is 22.3 Å². The van der Waals surface area contributed by atoms with E-state index in [2.05, 4.69) is 21.2 Å². The van der Waals surface area contributed by atoms with Gasteiger partial charge < -0.3 is 5.32 Å². The largest absolute Gasteiger partial charge is 0.311 e. The van der Waals surface area contributed by atoms with Gasteiger partial charge in [-0.15, -0.1) is 0 Å². The number of benzene rings is 1. The van der Waals surface area contributed by atoms with Gasteiger partial charge in [-0.25, -0.2) is 0 Å². The molecule has 0 amide bonds. The molecule has 0 radical (unpaired) electrons. The van der Waals surface area contributed by atoms with Crippen molar-refractivity contribution in [3.63, 3.8) is 0 Å². The molecule has 0 heterocycles. The molecule has 1 aromatic carbocycles. The predicted octanol–water partition coefficient (Wildman–Crippen LogP) is 2.96. The van der Waals surface area contributed by atoms with Crippen molar-refractivity contribution in [2.24, 2.45) is 0 Å². The summed E-state index contributed by atoms with van der Waals surface area (Å²) in [4.78, 5) is 0. The van der Waals surface area contributed by atoms with Gasteiger partial charge in [0.15, 0.2) is 0 Å². The normalized spacial score (nSPS) is 14.8. The lowest BCUT2D eigenvalue weighted by atomic mass is 10.2. The van der Waals surface area contributed by atoms with Crippen LogP contribution in [0.3, 0.4) is 0 Å². The monoisotopic (exact) mass is 323 g/mol. The number of hydrogen-bond donors (Lipinski definition) is 1. The van der Waals surface area contributed by atoms with Crippen LogP contribution in [0, 0.1) is 0 Å². The maximum absolute atomic E-state index is 11.1. The second kappa shape index (κ2) is 6.74. The Morgan fingerprint density at radius 3 is 2.81 bits per heavy atom. The van der Waals surface area contributed by atoms with Gasteiger partial charge >= 0.3 is 0 Å². The molecule has 0 fully saturated rings. The van der Waals surface area contributed by atoms with Crippen molar-refractivity contribution in [1.29, 1.82) is 0 Å². The fourth-order valence-electron chi connectivity index (χ4n) is 1.19. The summed E-state index contributed by atoms with van der Waals surface area (Å²) in [5.41, 5.74) is 1.13. The van der Waals surface area contributed by atoms with E-state index in [0.29, 0.717) is 5.02 Å². The van der Waals surface area contributed by atoms with Crippen molar-refractivity contribution < 1.29 is 4.21 Å². The van der Waals surface area contributed by atoms with Crippen LogP contribution in [0.25, 0.3) is 0 Å². The summed E-state index contributed by atoms with van der Waals surface area (Å²) in [6.45, 7) is 3.46. The van der Waals surface area contributed by atoms with E-state index in [-0.39, 0.29) is 5.25 Å². The predicted molar refractivity (Wildman–Crippen MR) is 74.4 cm³/mol. The highest BCUT2D eigenvalue weighted by Gasteiger charge is 2.05. The molecule has 1 rings (SSSR count). The van der Waals surface area contributed by atoms with E-state index in [1.54, 1.807) is 6.26 Å². The van der Waals surface area contributed by atoms with Crippen LogP contribution in [0.1, 0.15) is 12.5 Å². The van der Waals surface area contributed by atoms with Gasteiger partial charge in [-0.1, -0.05) is 17.7 Å². The SMILES string of the molecule is CC(CNCc1ccc(Br)c(Cl)c1)S(C)=O. The Kier molecular flexibility index (Phi) is 5.97. The number of nitrogens with one attached hydrogen (secondary N) is 1. The summed E-state index contributed by atoms with van der Waals surface area (Å²) >= 11 is 9.33. The molecule has 16 heavy (non-hydrogen) atoms. The summed E-state index contributed by atoms with van der Waals surface area (Å²) in [6, 6.07) is 5.86. The molecule has 2 unspecified atom stereocenters. The Hall–Kier alpha value is 0.1000. The summed E-state index contributed by atoms with van der Waals surface area (Å²) in [7, 11) is -0.772. The second-order valence-electron chi connectivity index (χ2n) is 3.69. The molecular formula is C11H15BrClNOS. The van der Waals surface area contributed by atoms with Gasteiger partial charge in [-0.3, -0.25) is 4.21 Å². The highest BCUT2D eigenvalue weighted by atomic mass is 79.9. The first-order valence-corrected chi connectivity index (χ1v) is 7.77. The van der Waals surface area contributed by atoms with Crippen molar-refractivity contribution in [3.05, 3.63) is 33.3 Å². The van der Waals surface area contributed by atoms with E-state index >= 15 is 0 Å². The number of rotatable bonds is 5. The summed E-state index contributed by atoms with van der Waals surface area (Å²) in [6.07, 6.45) is 1.73. The minimum absolute atomic E-state index is 0.172. The van der Waals surface area contributed by atoms with Crippen molar-refractivity contribution in [2.45, 2.75) is 18.7 Å². The van der Waals surface area contributed by atoms with E-state index in [1.807, 2.05) is 25.1 Å². The van der Waals surface area contributed by atoms with Crippen LogP contribution >= 0.6 is 27.5 Å². The van der Waals surface area contributed by atoms with E-state index in [0.717, 1.165) is 23.1 Å². The highest BCUT2D eigenvalue weighted by molar-refractivity contribution is 9.10. The van der Waals surface area contributed by atoms with Gasteiger partial charge in [-0.2, -0.15) is 0 Å². The van der Waals surface area contributed by atoms with Gasteiger partial charge in [0.2, 0.25) is 0 Å². The van der Waals surface area contributed by atoms with Gasteiger partial charge in [0, 0.05) is 39.9 Å². The fourth-order valence-corrected chi connectivity index (χ4v) is 1.99. The molecule has 5 heteroatoms. The second-order valence-corrected chi connectivity index (χ2v) is 6.75. The minimum Gasteiger partial charge on any atom is -0.311 e. The van der Waals surface area contributed by atoms with Gasteiger partial charge in [0.1, 0.15) is 0 Å². The first-order valence-electron chi connectivity index (χ1n) is 4.97. The maximum atomic E-state index is 11.1. The molecule has 0 aliphatic carbocycles. The minimum atomic E-state index is -0.772. The average Bonchev–Trinajstić information content (AvgIpc) is 2.23. The van der Waals surface area contributed by atoms with Crippen molar-refractivity contribution in [2.75, 3.05) is 12.8 Å². The Labute approximate surface area is 112 Å². The fraction of sp³-hybridized carbons (Fsp3) is 0.455. The standard InChI is InChI=1S/C11H15BrClNOS/c1-8(16(2)15)6-14-7-9-3-4-10(12)11(13)5-9/h3-5,8,14H,6-7H2,1-2H3. The zero-order valence-corrected chi connectivity index (χ0v) is 12.5. The lowest BCUT2D eigenvalue weighted by Crippen LogP contribution is -2.27. The molecule has 0 saturated carbocycles. The molecule has 0 aliphatic heterocycles. The number of hydrogen-bond acceptors (Lipinski definition) is 2. The van der Waals surface area contributed by atoms with Crippen LogP contribution in [0.2, 0.25) is 5.02 Å². The van der Waals surface area contributed by atoms with E-state index in [4.69, 9.17) is 11.6 Å². The van der Waals surface area contributed by atoms with Crippen molar-refractivity contribution in [3.8, 4) is 0 Å². The van der Waals surface area contributed by atoms with E-state index < -0.39 is 10.8 Å². The molecule has 2 nitrogen and oxygen atoms in total. The molecular weight excluding hydrogens is 310 g/mol. The van der Waals surface area contributed by atoms with E-state index in [9.17, 15) is 4.21 Å². The first-order chi connectivity index (χ1) is 7.50. The molecule has 0 bridgehead atoms. The molecule has 0 aliphatic rings. The van der Waals surface area contributed by atoms with E-state index in [1.165, 1.54) is 0 Å². The Balaban J connectivity index is 2.43. The quantitative estimate of drug-likeness (QED) is 0.902. The van der Waals surface area contributed by atoms with Crippen molar-refractivity contribution >= 4 is 38.3 Å².